The Labute approximate surface area is 107 Å². The second-order valence-electron chi connectivity index (χ2n) is 5.25. The predicted octanol–water partition coefficient (Wildman–Crippen LogP) is 1.73. The van der Waals surface area contributed by atoms with Crippen LogP contribution in [0.15, 0.2) is 30.3 Å². The van der Waals surface area contributed by atoms with Crippen LogP contribution in [0.4, 0.5) is 0 Å². The molecule has 0 aliphatic heterocycles. The van der Waals surface area contributed by atoms with Gasteiger partial charge in [0.15, 0.2) is 0 Å². The standard InChI is InChI=1S/C13H19N5/c1-13(2,3)14-9-10-18-16-12(15-17-18)11-7-5-4-6-8-11/h4-8,14H,9-10H2,1-3H3. The highest BCUT2D eigenvalue weighted by Crippen LogP contribution is 2.11. The molecule has 0 radical (unpaired) electrons. The molecule has 0 amide bonds. The quantitative estimate of drug-likeness (QED) is 0.891. The molecular formula is C13H19N5. The topological polar surface area (TPSA) is 55.6 Å². The van der Waals surface area contributed by atoms with E-state index in [4.69, 9.17) is 0 Å². The van der Waals surface area contributed by atoms with Crippen LogP contribution in [0.2, 0.25) is 0 Å². The largest absolute Gasteiger partial charge is 0.310 e. The molecule has 0 saturated heterocycles. The van der Waals surface area contributed by atoms with Gasteiger partial charge in [-0.2, -0.15) is 4.80 Å². The van der Waals surface area contributed by atoms with Crippen molar-refractivity contribution in [2.45, 2.75) is 32.9 Å². The Morgan fingerprint density at radius 2 is 1.89 bits per heavy atom. The van der Waals surface area contributed by atoms with Gasteiger partial charge in [0.1, 0.15) is 0 Å². The minimum absolute atomic E-state index is 0.114. The molecule has 1 N–H and O–H groups in total. The zero-order valence-electron chi connectivity index (χ0n) is 11.1. The Morgan fingerprint density at radius 1 is 1.17 bits per heavy atom. The molecule has 0 bridgehead atoms. The molecule has 0 aliphatic rings. The molecule has 0 unspecified atom stereocenters. The second-order valence-corrected chi connectivity index (χ2v) is 5.25. The zero-order valence-corrected chi connectivity index (χ0v) is 11.1. The fourth-order valence-corrected chi connectivity index (χ4v) is 1.57. The first-order chi connectivity index (χ1) is 8.54. The van der Waals surface area contributed by atoms with Gasteiger partial charge >= 0.3 is 0 Å². The van der Waals surface area contributed by atoms with Crippen molar-refractivity contribution in [2.75, 3.05) is 6.54 Å². The van der Waals surface area contributed by atoms with Crippen LogP contribution in [0.1, 0.15) is 20.8 Å². The minimum Gasteiger partial charge on any atom is -0.310 e. The van der Waals surface area contributed by atoms with Crippen molar-refractivity contribution in [1.29, 1.82) is 0 Å². The molecule has 0 spiro atoms. The van der Waals surface area contributed by atoms with Crippen molar-refractivity contribution >= 4 is 0 Å². The summed E-state index contributed by atoms with van der Waals surface area (Å²) in [7, 11) is 0. The van der Waals surface area contributed by atoms with Crippen LogP contribution in [0.25, 0.3) is 11.4 Å². The van der Waals surface area contributed by atoms with E-state index in [-0.39, 0.29) is 5.54 Å². The number of hydrogen-bond donors (Lipinski definition) is 1. The van der Waals surface area contributed by atoms with E-state index in [2.05, 4.69) is 41.5 Å². The number of nitrogens with zero attached hydrogens (tertiary/aromatic N) is 4. The average Bonchev–Trinajstić information content (AvgIpc) is 2.77. The maximum absolute atomic E-state index is 4.35. The Balaban J connectivity index is 1.95. The molecule has 1 aromatic carbocycles. The van der Waals surface area contributed by atoms with E-state index in [9.17, 15) is 0 Å². The van der Waals surface area contributed by atoms with E-state index in [0.29, 0.717) is 5.82 Å². The third-order valence-electron chi connectivity index (χ3n) is 2.45. The maximum Gasteiger partial charge on any atom is 0.204 e. The van der Waals surface area contributed by atoms with Crippen molar-refractivity contribution in [3.8, 4) is 11.4 Å². The van der Waals surface area contributed by atoms with E-state index >= 15 is 0 Å². The highest BCUT2D eigenvalue weighted by atomic mass is 15.6. The summed E-state index contributed by atoms with van der Waals surface area (Å²) >= 11 is 0. The molecule has 2 aromatic rings. The smallest absolute Gasteiger partial charge is 0.204 e. The van der Waals surface area contributed by atoms with Gasteiger partial charge in [-0.15, -0.1) is 10.2 Å². The Hall–Kier alpha value is -1.75. The van der Waals surface area contributed by atoms with Crippen LogP contribution in [0, 0.1) is 0 Å². The van der Waals surface area contributed by atoms with Gasteiger partial charge in [-0.25, -0.2) is 0 Å². The molecule has 1 heterocycles. The molecule has 0 saturated carbocycles. The summed E-state index contributed by atoms with van der Waals surface area (Å²) in [6.45, 7) is 7.96. The van der Waals surface area contributed by atoms with Crippen molar-refractivity contribution in [3.05, 3.63) is 30.3 Å². The molecule has 0 atom stereocenters. The van der Waals surface area contributed by atoms with Crippen LogP contribution in [-0.4, -0.2) is 32.3 Å². The highest BCUT2D eigenvalue weighted by Gasteiger charge is 2.09. The lowest BCUT2D eigenvalue weighted by Gasteiger charge is -2.19. The molecule has 18 heavy (non-hydrogen) atoms. The van der Waals surface area contributed by atoms with Crippen LogP contribution in [-0.2, 0) is 6.54 Å². The van der Waals surface area contributed by atoms with E-state index in [0.717, 1.165) is 18.7 Å². The predicted molar refractivity (Wildman–Crippen MR) is 71.0 cm³/mol. The Kier molecular flexibility index (Phi) is 3.72. The molecule has 2 rings (SSSR count). The first-order valence-corrected chi connectivity index (χ1v) is 6.13. The van der Waals surface area contributed by atoms with Gasteiger partial charge in [0, 0.05) is 17.6 Å². The summed E-state index contributed by atoms with van der Waals surface area (Å²) in [6.07, 6.45) is 0. The zero-order chi connectivity index (χ0) is 13.0. The number of rotatable bonds is 4. The summed E-state index contributed by atoms with van der Waals surface area (Å²) in [6, 6.07) is 9.87. The molecule has 96 valence electrons. The van der Waals surface area contributed by atoms with Crippen LogP contribution in [0.5, 0.6) is 0 Å². The molecule has 0 fully saturated rings. The Morgan fingerprint density at radius 3 is 2.56 bits per heavy atom. The van der Waals surface area contributed by atoms with Crippen LogP contribution < -0.4 is 5.32 Å². The first-order valence-electron chi connectivity index (χ1n) is 6.13. The van der Waals surface area contributed by atoms with E-state index in [1.165, 1.54) is 0 Å². The summed E-state index contributed by atoms with van der Waals surface area (Å²) in [4.78, 5) is 1.63. The van der Waals surface area contributed by atoms with Gasteiger partial charge in [0.05, 0.1) is 6.54 Å². The number of aromatic nitrogens is 4. The SMILES string of the molecule is CC(C)(C)NCCn1nnc(-c2ccccc2)n1. The van der Waals surface area contributed by atoms with Gasteiger partial charge < -0.3 is 5.32 Å². The Bertz CT molecular complexity index is 484. The summed E-state index contributed by atoms with van der Waals surface area (Å²) in [5.74, 6) is 0.673. The van der Waals surface area contributed by atoms with Gasteiger partial charge in [0.2, 0.25) is 5.82 Å². The summed E-state index contributed by atoms with van der Waals surface area (Å²) < 4.78 is 0. The molecule has 5 heteroatoms. The minimum atomic E-state index is 0.114. The highest BCUT2D eigenvalue weighted by molar-refractivity contribution is 5.52. The maximum atomic E-state index is 4.35. The number of hydrogen-bond acceptors (Lipinski definition) is 4. The van der Waals surface area contributed by atoms with E-state index in [1.807, 2.05) is 30.3 Å². The van der Waals surface area contributed by atoms with Gasteiger partial charge in [-0.3, -0.25) is 0 Å². The lowest BCUT2D eigenvalue weighted by molar-refractivity contribution is 0.391. The van der Waals surface area contributed by atoms with Crippen molar-refractivity contribution in [2.24, 2.45) is 0 Å². The molecular weight excluding hydrogens is 226 g/mol. The van der Waals surface area contributed by atoms with Crippen molar-refractivity contribution in [3.63, 3.8) is 0 Å². The van der Waals surface area contributed by atoms with E-state index < -0.39 is 0 Å². The van der Waals surface area contributed by atoms with Crippen molar-refractivity contribution < 1.29 is 0 Å². The van der Waals surface area contributed by atoms with Crippen LogP contribution in [0.3, 0.4) is 0 Å². The molecule has 0 aliphatic carbocycles. The van der Waals surface area contributed by atoms with Gasteiger partial charge in [-0.1, -0.05) is 30.3 Å². The number of nitrogens with one attached hydrogen (secondary N) is 1. The van der Waals surface area contributed by atoms with Gasteiger partial charge in [0.25, 0.3) is 0 Å². The summed E-state index contributed by atoms with van der Waals surface area (Å²) in [5, 5.41) is 15.8. The lowest BCUT2D eigenvalue weighted by atomic mass is 10.1. The molecule has 1 aromatic heterocycles. The van der Waals surface area contributed by atoms with Crippen LogP contribution >= 0.6 is 0 Å². The third-order valence-corrected chi connectivity index (χ3v) is 2.45. The first kappa shape index (κ1) is 12.7. The lowest BCUT2D eigenvalue weighted by Crippen LogP contribution is -2.38. The molecule has 5 nitrogen and oxygen atoms in total. The normalized spacial score (nSPS) is 11.7. The monoisotopic (exact) mass is 245 g/mol. The van der Waals surface area contributed by atoms with E-state index in [1.54, 1.807) is 4.80 Å². The number of tetrazole rings is 1. The fraction of sp³-hybridized carbons (Fsp3) is 0.462. The number of benzene rings is 1. The average molecular weight is 245 g/mol. The summed E-state index contributed by atoms with van der Waals surface area (Å²) in [5.41, 5.74) is 1.11. The van der Waals surface area contributed by atoms with Gasteiger partial charge in [-0.05, 0) is 26.0 Å². The van der Waals surface area contributed by atoms with Crippen molar-refractivity contribution in [1.82, 2.24) is 25.5 Å². The fourth-order valence-electron chi connectivity index (χ4n) is 1.57. The third kappa shape index (κ3) is 3.63. The second kappa shape index (κ2) is 5.27.